The number of ether oxygens (including phenoxy) is 1. The Bertz CT molecular complexity index is 1120. The van der Waals surface area contributed by atoms with Gasteiger partial charge in [0.2, 0.25) is 5.95 Å². The van der Waals surface area contributed by atoms with Gasteiger partial charge >= 0.3 is 6.09 Å². The van der Waals surface area contributed by atoms with Crippen molar-refractivity contribution < 1.29 is 9.53 Å². The zero-order valence-corrected chi connectivity index (χ0v) is 20.1. The second-order valence-corrected chi connectivity index (χ2v) is 10.00. The smallest absolute Gasteiger partial charge is 0.407 e. The first-order chi connectivity index (χ1) is 15.2. The maximum absolute atomic E-state index is 12.3. The van der Waals surface area contributed by atoms with Gasteiger partial charge in [-0.2, -0.15) is 0 Å². The third-order valence-corrected chi connectivity index (χ3v) is 6.00. The minimum absolute atomic E-state index is 0.0124. The number of anilines is 1. The Morgan fingerprint density at radius 1 is 1.22 bits per heavy atom. The van der Waals surface area contributed by atoms with Gasteiger partial charge in [0.15, 0.2) is 0 Å². The molecule has 1 aliphatic heterocycles. The summed E-state index contributed by atoms with van der Waals surface area (Å²) in [5.41, 5.74) is 2.36. The second kappa shape index (κ2) is 9.20. The Morgan fingerprint density at radius 3 is 2.78 bits per heavy atom. The third kappa shape index (κ3) is 5.30. The molecule has 0 spiro atoms. The van der Waals surface area contributed by atoms with Crippen LogP contribution in [0.3, 0.4) is 0 Å². The molecule has 32 heavy (non-hydrogen) atoms. The SMILES string of the molecule is CC(C)(C)OC(=O)N[C@H]1CCCN(c2nc3ccccc3n2Cc2cc(Cl)ccc2Cl)C1. The first-order valence-electron chi connectivity index (χ1n) is 10.8. The first kappa shape index (κ1) is 22.7. The highest BCUT2D eigenvalue weighted by Crippen LogP contribution is 2.29. The van der Waals surface area contributed by atoms with Crippen molar-refractivity contribution in [1.29, 1.82) is 0 Å². The summed E-state index contributed by atoms with van der Waals surface area (Å²) in [4.78, 5) is 19.4. The van der Waals surface area contributed by atoms with Crippen molar-refractivity contribution in [1.82, 2.24) is 14.9 Å². The average molecular weight is 475 g/mol. The number of benzene rings is 2. The fraction of sp³-hybridized carbons (Fsp3) is 0.417. The monoisotopic (exact) mass is 474 g/mol. The number of halogens is 2. The van der Waals surface area contributed by atoms with E-state index in [0.717, 1.165) is 41.9 Å². The predicted octanol–water partition coefficient (Wildman–Crippen LogP) is 5.88. The number of para-hydroxylation sites is 2. The number of carbonyl (C=O) groups excluding carboxylic acids is 1. The van der Waals surface area contributed by atoms with E-state index in [1.165, 1.54) is 0 Å². The van der Waals surface area contributed by atoms with Gasteiger partial charge in [-0.3, -0.25) is 0 Å². The van der Waals surface area contributed by atoms with Crippen molar-refractivity contribution >= 4 is 46.3 Å². The number of amides is 1. The van der Waals surface area contributed by atoms with Crippen molar-refractivity contribution in [3.05, 3.63) is 58.1 Å². The third-order valence-electron chi connectivity index (χ3n) is 5.40. The van der Waals surface area contributed by atoms with Crippen LogP contribution in [-0.4, -0.2) is 40.4 Å². The number of imidazole rings is 1. The number of piperidine rings is 1. The molecule has 1 fully saturated rings. The van der Waals surface area contributed by atoms with Crippen LogP contribution in [0.1, 0.15) is 39.2 Å². The van der Waals surface area contributed by atoms with Crippen LogP contribution in [0.4, 0.5) is 10.7 Å². The van der Waals surface area contributed by atoms with Crippen LogP contribution in [0.5, 0.6) is 0 Å². The molecule has 0 radical (unpaired) electrons. The molecule has 0 unspecified atom stereocenters. The van der Waals surface area contributed by atoms with E-state index < -0.39 is 5.60 Å². The molecule has 1 N–H and O–H groups in total. The molecular weight excluding hydrogens is 447 g/mol. The topological polar surface area (TPSA) is 59.4 Å². The zero-order valence-electron chi connectivity index (χ0n) is 18.6. The summed E-state index contributed by atoms with van der Waals surface area (Å²) in [6.45, 7) is 7.66. The molecule has 2 heterocycles. The Kier molecular flexibility index (Phi) is 6.54. The zero-order chi connectivity index (χ0) is 22.9. The lowest BCUT2D eigenvalue weighted by molar-refractivity contribution is 0.0500. The largest absolute Gasteiger partial charge is 0.444 e. The summed E-state index contributed by atoms with van der Waals surface area (Å²) >= 11 is 12.7. The minimum atomic E-state index is -0.525. The molecule has 6 nitrogen and oxygen atoms in total. The lowest BCUT2D eigenvalue weighted by atomic mass is 10.1. The van der Waals surface area contributed by atoms with Crippen LogP contribution >= 0.6 is 23.2 Å². The molecule has 3 aromatic rings. The van der Waals surface area contributed by atoms with Crippen LogP contribution in [0, 0.1) is 0 Å². The Morgan fingerprint density at radius 2 is 2.00 bits per heavy atom. The number of alkyl carbamates (subject to hydrolysis) is 1. The highest BCUT2D eigenvalue weighted by Gasteiger charge is 2.27. The number of rotatable bonds is 4. The van der Waals surface area contributed by atoms with E-state index in [-0.39, 0.29) is 12.1 Å². The van der Waals surface area contributed by atoms with E-state index in [1.807, 2.05) is 51.1 Å². The maximum atomic E-state index is 12.3. The van der Waals surface area contributed by atoms with Crippen LogP contribution < -0.4 is 10.2 Å². The van der Waals surface area contributed by atoms with Crippen LogP contribution in [-0.2, 0) is 11.3 Å². The summed E-state index contributed by atoms with van der Waals surface area (Å²) in [6.07, 6.45) is 1.46. The van der Waals surface area contributed by atoms with Gasteiger partial charge in [-0.25, -0.2) is 9.78 Å². The minimum Gasteiger partial charge on any atom is -0.444 e. The number of aromatic nitrogens is 2. The van der Waals surface area contributed by atoms with Crippen LogP contribution in [0.2, 0.25) is 10.0 Å². The number of nitrogens with zero attached hydrogens (tertiary/aromatic N) is 3. The van der Waals surface area contributed by atoms with Crippen molar-refractivity contribution in [2.75, 3.05) is 18.0 Å². The van der Waals surface area contributed by atoms with E-state index >= 15 is 0 Å². The first-order valence-corrected chi connectivity index (χ1v) is 11.6. The van der Waals surface area contributed by atoms with Crippen LogP contribution in [0.15, 0.2) is 42.5 Å². The number of hydrogen-bond donors (Lipinski definition) is 1. The Hall–Kier alpha value is -2.44. The standard InChI is InChI=1S/C24H28Cl2N4O2/c1-24(2,3)32-23(31)27-18-7-6-12-29(15-18)22-28-20-8-4-5-9-21(20)30(22)14-16-13-17(25)10-11-19(16)26/h4-5,8-11,13,18H,6-7,12,14-15H2,1-3H3,(H,27,31)/t18-/m0/s1. The number of fused-ring (bicyclic) bond motifs is 1. The molecule has 1 aromatic heterocycles. The molecule has 1 aliphatic rings. The van der Waals surface area contributed by atoms with Crippen molar-refractivity contribution in [2.24, 2.45) is 0 Å². The van der Waals surface area contributed by atoms with Gasteiger partial charge in [-0.05, 0) is 69.5 Å². The van der Waals surface area contributed by atoms with Gasteiger partial charge in [0, 0.05) is 29.2 Å². The molecule has 0 bridgehead atoms. The molecule has 0 saturated carbocycles. The highest BCUT2D eigenvalue weighted by molar-refractivity contribution is 6.33. The molecule has 8 heteroatoms. The van der Waals surface area contributed by atoms with Gasteiger partial charge in [0.05, 0.1) is 17.6 Å². The maximum Gasteiger partial charge on any atom is 0.407 e. The van der Waals surface area contributed by atoms with E-state index in [1.54, 1.807) is 6.07 Å². The van der Waals surface area contributed by atoms with Crippen molar-refractivity contribution in [2.45, 2.75) is 51.8 Å². The molecule has 1 saturated heterocycles. The fourth-order valence-electron chi connectivity index (χ4n) is 4.05. The molecule has 0 aliphatic carbocycles. The summed E-state index contributed by atoms with van der Waals surface area (Å²) in [5.74, 6) is 0.859. The molecule has 2 aromatic carbocycles. The summed E-state index contributed by atoms with van der Waals surface area (Å²) < 4.78 is 7.61. The summed E-state index contributed by atoms with van der Waals surface area (Å²) in [7, 11) is 0. The van der Waals surface area contributed by atoms with Crippen molar-refractivity contribution in [3.8, 4) is 0 Å². The Labute approximate surface area is 198 Å². The number of nitrogens with one attached hydrogen (secondary N) is 1. The molecule has 170 valence electrons. The fourth-order valence-corrected chi connectivity index (χ4v) is 4.42. The van der Waals surface area contributed by atoms with E-state index in [9.17, 15) is 4.79 Å². The highest BCUT2D eigenvalue weighted by atomic mass is 35.5. The quantitative estimate of drug-likeness (QED) is 0.512. The lowest BCUT2D eigenvalue weighted by Crippen LogP contribution is -2.49. The van der Waals surface area contributed by atoms with Gasteiger partial charge in [0.1, 0.15) is 5.60 Å². The molecular formula is C24H28Cl2N4O2. The van der Waals surface area contributed by atoms with E-state index in [0.29, 0.717) is 23.1 Å². The van der Waals surface area contributed by atoms with Gasteiger partial charge < -0.3 is 19.5 Å². The van der Waals surface area contributed by atoms with Crippen molar-refractivity contribution in [3.63, 3.8) is 0 Å². The van der Waals surface area contributed by atoms with Crippen LogP contribution in [0.25, 0.3) is 11.0 Å². The Balaban J connectivity index is 1.61. The summed E-state index contributed by atoms with van der Waals surface area (Å²) in [5, 5.41) is 4.33. The number of hydrogen-bond acceptors (Lipinski definition) is 4. The second-order valence-electron chi connectivity index (χ2n) is 9.15. The summed E-state index contributed by atoms with van der Waals surface area (Å²) in [6, 6.07) is 13.6. The average Bonchev–Trinajstić information content (AvgIpc) is 3.08. The van der Waals surface area contributed by atoms with E-state index in [2.05, 4.69) is 20.9 Å². The van der Waals surface area contributed by atoms with Gasteiger partial charge in [-0.1, -0.05) is 35.3 Å². The molecule has 1 atom stereocenters. The van der Waals surface area contributed by atoms with Gasteiger partial charge in [-0.15, -0.1) is 0 Å². The lowest BCUT2D eigenvalue weighted by Gasteiger charge is -2.34. The van der Waals surface area contributed by atoms with Gasteiger partial charge in [0.25, 0.3) is 0 Å². The van der Waals surface area contributed by atoms with E-state index in [4.69, 9.17) is 32.9 Å². The molecule has 1 amide bonds. The number of carbonyl (C=O) groups is 1. The molecule has 4 rings (SSSR count). The normalized spacial score (nSPS) is 16.9. The predicted molar refractivity (Wildman–Crippen MR) is 130 cm³/mol.